The van der Waals surface area contributed by atoms with Crippen molar-refractivity contribution in [3.05, 3.63) is 11.8 Å². The van der Waals surface area contributed by atoms with Crippen molar-refractivity contribution in [1.82, 2.24) is 15.3 Å². The van der Waals surface area contributed by atoms with Gasteiger partial charge in [0.1, 0.15) is 5.82 Å². The Morgan fingerprint density at radius 1 is 1.43 bits per heavy atom. The van der Waals surface area contributed by atoms with Crippen LogP contribution in [0, 0.1) is 0 Å². The van der Waals surface area contributed by atoms with E-state index in [-0.39, 0.29) is 0 Å². The van der Waals surface area contributed by atoms with E-state index in [2.05, 4.69) is 15.3 Å². The summed E-state index contributed by atoms with van der Waals surface area (Å²) in [5.41, 5.74) is 1.02. The first-order chi connectivity index (χ1) is 6.67. The van der Waals surface area contributed by atoms with Gasteiger partial charge in [-0.1, -0.05) is 11.8 Å². The number of hydrogen-bond donors (Lipinski definition) is 1. The maximum absolute atomic E-state index is 4.39. The molecule has 0 unspecified atom stereocenters. The molecule has 0 spiro atoms. The van der Waals surface area contributed by atoms with E-state index in [1.807, 2.05) is 38.4 Å². The van der Waals surface area contributed by atoms with Gasteiger partial charge in [0.25, 0.3) is 0 Å². The lowest BCUT2D eigenvalue weighted by atomic mass is 10.4. The highest BCUT2D eigenvalue weighted by Crippen LogP contribution is 2.15. The van der Waals surface area contributed by atoms with Crippen molar-refractivity contribution in [3.63, 3.8) is 0 Å². The molecule has 1 aromatic rings. The highest BCUT2D eigenvalue weighted by molar-refractivity contribution is 7.98. The monoisotopic (exact) mass is 212 g/mol. The van der Waals surface area contributed by atoms with Gasteiger partial charge in [0, 0.05) is 26.7 Å². The molecular formula is C9H16N4S. The summed E-state index contributed by atoms with van der Waals surface area (Å²) in [6, 6.07) is 2.00. The van der Waals surface area contributed by atoms with E-state index in [1.54, 1.807) is 11.8 Å². The van der Waals surface area contributed by atoms with Gasteiger partial charge in [-0.2, -0.15) is 0 Å². The molecule has 0 fully saturated rings. The third-order valence-electron chi connectivity index (χ3n) is 1.74. The molecule has 0 radical (unpaired) electrons. The molecule has 0 saturated heterocycles. The van der Waals surface area contributed by atoms with Crippen LogP contribution < -0.4 is 10.2 Å². The number of nitrogens with one attached hydrogen (secondary N) is 1. The first kappa shape index (κ1) is 11.3. The number of aromatic nitrogens is 2. The largest absolute Gasteiger partial charge is 0.363 e. The van der Waals surface area contributed by atoms with Crippen molar-refractivity contribution in [2.75, 3.05) is 32.3 Å². The second-order valence-electron chi connectivity index (χ2n) is 3.13. The standard InChI is InChI=1S/C9H16N4S/c1-10-6-7-5-8(13(2)3)12-9(11-7)14-4/h5,10H,6H2,1-4H3. The summed E-state index contributed by atoms with van der Waals surface area (Å²) in [6.45, 7) is 0.775. The maximum Gasteiger partial charge on any atom is 0.189 e. The maximum atomic E-state index is 4.39. The van der Waals surface area contributed by atoms with Gasteiger partial charge in [-0.05, 0) is 13.3 Å². The van der Waals surface area contributed by atoms with Crippen LogP contribution in [0.5, 0.6) is 0 Å². The average molecular weight is 212 g/mol. The van der Waals surface area contributed by atoms with Crippen LogP contribution in [0.3, 0.4) is 0 Å². The third kappa shape index (κ3) is 2.85. The molecule has 0 atom stereocenters. The van der Waals surface area contributed by atoms with Gasteiger partial charge >= 0.3 is 0 Å². The topological polar surface area (TPSA) is 41.0 Å². The summed E-state index contributed by atoms with van der Waals surface area (Å²) in [4.78, 5) is 10.8. The zero-order valence-electron chi connectivity index (χ0n) is 9.03. The fourth-order valence-corrected chi connectivity index (χ4v) is 1.44. The molecule has 5 heteroatoms. The minimum absolute atomic E-state index is 0.775. The first-order valence-corrected chi connectivity index (χ1v) is 5.63. The lowest BCUT2D eigenvalue weighted by Crippen LogP contribution is -2.14. The predicted molar refractivity (Wildman–Crippen MR) is 60.9 cm³/mol. The molecule has 1 aromatic heterocycles. The van der Waals surface area contributed by atoms with E-state index in [0.29, 0.717) is 0 Å². The van der Waals surface area contributed by atoms with Crippen LogP contribution >= 0.6 is 11.8 Å². The zero-order valence-corrected chi connectivity index (χ0v) is 9.85. The summed E-state index contributed by atoms with van der Waals surface area (Å²) in [7, 11) is 5.88. The quantitative estimate of drug-likeness (QED) is 0.595. The van der Waals surface area contributed by atoms with Crippen LogP contribution in [-0.4, -0.2) is 37.4 Å². The van der Waals surface area contributed by atoms with E-state index in [1.165, 1.54) is 0 Å². The average Bonchev–Trinajstić information content (AvgIpc) is 2.17. The molecule has 0 aliphatic carbocycles. The van der Waals surface area contributed by atoms with E-state index < -0.39 is 0 Å². The Hall–Kier alpha value is -0.810. The molecule has 0 aliphatic rings. The normalized spacial score (nSPS) is 10.3. The molecule has 0 bridgehead atoms. The molecule has 1 rings (SSSR count). The van der Waals surface area contributed by atoms with Crippen molar-refractivity contribution >= 4 is 17.6 Å². The molecule has 0 aromatic carbocycles. The lowest BCUT2D eigenvalue weighted by molar-refractivity contribution is 0.760. The number of nitrogens with zero attached hydrogens (tertiary/aromatic N) is 3. The number of hydrogen-bond acceptors (Lipinski definition) is 5. The van der Waals surface area contributed by atoms with Crippen LogP contribution in [0.4, 0.5) is 5.82 Å². The van der Waals surface area contributed by atoms with Crippen molar-refractivity contribution in [3.8, 4) is 0 Å². The van der Waals surface area contributed by atoms with Crippen molar-refractivity contribution in [2.45, 2.75) is 11.7 Å². The Balaban J connectivity index is 3.00. The Labute approximate surface area is 89.1 Å². The van der Waals surface area contributed by atoms with E-state index >= 15 is 0 Å². The molecule has 0 saturated carbocycles. The summed E-state index contributed by atoms with van der Waals surface area (Å²) >= 11 is 1.56. The predicted octanol–water partition coefficient (Wildman–Crippen LogP) is 0.984. The van der Waals surface area contributed by atoms with Crippen LogP contribution in [-0.2, 0) is 6.54 Å². The molecule has 0 amide bonds. The number of thioether (sulfide) groups is 1. The molecule has 4 nitrogen and oxygen atoms in total. The minimum Gasteiger partial charge on any atom is -0.363 e. The smallest absolute Gasteiger partial charge is 0.189 e. The molecular weight excluding hydrogens is 196 g/mol. The summed E-state index contributed by atoms with van der Waals surface area (Å²) in [5.74, 6) is 0.953. The molecule has 0 aliphatic heterocycles. The van der Waals surface area contributed by atoms with E-state index in [9.17, 15) is 0 Å². The minimum atomic E-state index is 0.775. The Kier molecular flexibility index (Phi) is 4.16. The summed E-state index contributed by atoms with van der Waals surface area (Å²) < 4.78 is 0. The van der Waals surface area contributed by atoms with E-state index in [0.717, 1.165) is 23.2 Å². The van der Waals surface area contributed by atoms with Gasteiger partial charge in [-0.25, -0.2) is 9.97 Å². The van der Waals surface area contributed by atoms with Crippen LogP contribution in [0.2, 0.25) is 0 Å². The number of anilines is 1. The van der Waals surface area contributed by atoms with Crippen molar-refractivity contribution in [2.24, 2.45) is 0 Å². The SMILES string of the molecule is CNCc1cc(N(C)C)nc(SC)n1. The fraction of sp³-hybridized carbons (Fsp3) is 0.556. The third-order valence-corrected chi connectivity index (χ3v) is 2.29. The van der Waals surface area contributed by atoms with Gasteiger partial charge in [0.05, 0.1) is 5.69 Å². The first-order valence-electron chi connectivity index (χ1n) is 4.41. The van der Waals surface area contributed by atoms with Crippen LogP contribution in [0.15, 0.2) is 11.2 Å². The van der Waals surface area contributed by atoms with Gasteiger partial charge in [0.2, 0.25) is 0 Å². The highest BCUT2D eigenvalue weighted by Gasteiger charge is 2.04. The Bertz CT molecular complexity index is 301. The second kappa shape index (κ2) is 5.17. The van der Waals surface area contributed by atoms with Crippen LogP contribution in [0.25, 0.3) is 0 Å². The number of rotatable bonds is 4. The van der Waals surface area contributed by atoms with Gasteiger partial charge in [-0.15, -0.1) is 0 Å². The molecule has 1 N–H and O–H groups in total. The van der Waals surface area contributed by atoms with Crippen molar-refractivity contribution < 1.29 is 0 Å². The zero-order chi connectivity index (χ0) is 10.6. The molecule has 78 valence electrons. The highest BCUT2D eigenvalue weighted by atomic mass is 32.2. The Morgan fingerprint density at radius 3 is 2.64 bits per heavy atom. The van der Waals surface area contributed by atoms with E-state index in [4.69, 9.17) is 0 Å². The Morgan fingerprint density at radius 2 is 2.14 bits per heavy atom. The van der Waals surface area contributed by atoms with Crippen molar-refractivity contribution in [1.29, 1.82) is 0 Å². The fourth-order valence-electron chi connectivity index (χ4n) is 1.05. The van der Waals surface area contributed by atoms with Crippen LogP contribution in [0.1, 0.15) is 5.69 Å². The summed E-state index contributed by atoms with van der Waals surface area (Å²) in [5, 5.41) is 3.90. The summed E-state index contributed by atoms with van der Waals surface area (Å²) in [6.07, 6.45) is 1.98. The molecule has 1 heterocycles. The second-order valence-corrected chi connectivity index (χ2v) is 3.90. The lowest BCUT2D eigenvalue weighted by Gasteiger charge is -2.13. The van der Waals surface area contributed by atoms with Gasteiger partial charge < -0.3 is 10.2 Å². The van der Waals surface area contributed by atoms with Gasteiger partial charge in [0.15, 0.2) is 5.16 Å². The van der Waals surface area contributed by atoms with Gasteiger partial charge in [-0.3, -0.25) is 0 Å². The molecule has 14 heavy (non-hydrogen) atoms.